The van der Waals surface area contributed by atoms with Gasteiger partial charge in [-0.2, -0.15) is 0 Å². The first-order valence-corrected chi connectivity index (χ1v) is 6.12. The largest absolute Gasteiger partial charge is 0.491 e. The minimum Gasteiger partial charge on any atom is -0.491 e. The molecule has 0 aromatic heterocycles. The van der Waals surface area contributed by atoms with E-state index >= 15 is 0 Å². The van der Waals surface area contributed by atoms with Gasteiger partial charge in [0, 0.05) is 5.56 Å². The molecule has 0 spiro atoms. The summed E-state index contributed by atoms with van der Waals surface area (Å²) in [5, 5.41) is 0. The van der Waals surface area contributed by atoms with Crippen molar-refractivity contribution in [3.8, 4) is 16.9 Å². The van der Waals surface area contributed by atoms with E-state index in [2.05, 4.69) is 0 Å². The predicted molar refractivity (Wildman–Crippen MR) is 73.0 cm³/mol. The molecule has 2 aromatic rings. The minimum atomic E-state index is -0.411. The van der Waals surface area contributed by atoms with Gasteiger partial charge in [0.2, 0.25) is 0 Å². The van der Waals surface area contributed by atoms with E-state index < -0.39 is 5.82 Å². The molecule has 0 aliphatic rings. The average Bonchev–Trinajstić information content (AvgIpc) is 2.39. The maximum Gasteiger partial charge on any atom is 0.150 e. The number of halogens is 1. The van der Waals surface area contributed by atoms with Gasteiger partial charge < -0.3 is 4.74 Å². The van der Waals surface area contributed by atoms with Crippen LogP contribution in [0.3, 0.4) is 0 Å². The molecule has 0 atom stereocenters. The summed E-state index contributed by atoms with van der Waals surface area (Å²) < 4.78 is 18.6. The lowest BCUT2D eigenvalue weighted by molar-refractivity contribution is 0.112. The van der Waals surface area contributed by atoms with Crippen LogP contribution in [0, 0.1) is 5.82 Å². The maximum absolute atomic E-state index is 13.1. The van der Waals surface area contributed by atoms with Crippen LogP contribution in [0.25, 0.3) is 11.1 Å². The third kappa shape index (κ3) is 3.19. The zero-order valence-electron chi connectivity index (χ0n) is 10.9. The molecule has 2 nitrogen and oxygen atoms in total. The lowest BCUT2D eigenvalue weighted by atomic mass is 10.0. The average molecular weight is 258 g/mol. The second kappa shape index (κ2) is 5.65. The summed E-state index contributed by atoms with van der Waals surface area (Å²) in [7, 11) is 0. The number of benzene rings is 2. The first-order valence-electron chi connectivity index (χ1n) is 6.12. The molecular weight excluding hydrogens is 243 g/mol. The summed E-state index contributed by atoms with van der Waals surface area (Å²) in [6.45, 7) is 3.91. The van der Waals surface area contributed by atoms with E-state index in [0.717, 1.165) is 11.3 Å². The molecule has 0 saturated carbocycles. The minimum absolute atomic E-state index is 0.113. The number of carbonyl (C=O) groups is 1. The Kier molecular flexibility index (Phi) is 3.95. The summed E-state index contributed by atoms with van der Waals surface area (Å²) in [6.07, 6.45) is 0.777. The van der Waals surface area contributed by atoms with Crippen molar-refractivity contribution >= 4 is 6.29 Å². The van der Waals surface area contributed by atoms with Gasteiger partial charge >= 0.3 is 0 Å². The van der Waals surface area contributed by atoms with E-state index in [9.17, 15) is 9.18 Å². The highest BCUT2D eigenvalue weighted by Crippen LogP contribution is 2.26. The number of hydrogen-bond donors (Lipinski definition) is 0. The third-order valence-corrected chi connectivity index (χ3v) is 2.68. The molecule has 98 valence electrons. The van der Waals surface area contributed by atoms with Crippen LogP contribution in [-0.4, -0.2) is 12.4 Å². The van der Waals surface area contributed by atoms with Gasteiger partial charge in [-0.15, -0.1) is 0 Å². The highest BCUT2D eigenvalue weighted by atomic mass is 19.1. The maximum atomic E-state index is 13.1. The third-order valence-electron chi connectivity index (χ3n) is 2.68. The van der Waals surface area contributed by atoms with Gasteiger partial charge in [-0.05, 0) is 49.2 Å². The standard InChI is InChI=1S/C16H15FO2/c1-11(2)19-15-6-3-12(4-7-15)16-8-5-14(17)9-13(16)10-18/h3-11H,1-2H3. The quantitative estimate of drug-likeness (QED) is 0.772. The van der Waals surface area contributed by atoms with Crippen LogP contribution in [0.1, 0.15) is 24.2 Å². The smallest absolute Gasteiger partial charge is 0.150 e. The van der Waals surface area contributed by atoms with E-state index in [0.29, 0.717) is 17.4 Å². The van der Waals surface area contributed by atoms with Crippen molar-refractivity contribution in [3.63, 3.8) is 0 Å². The van der Waals surface area contributed by atoms with Crippen LogP contribution in [0.2, 0.25) is 0 Å². The monoisotopic (exact) mass is 258 g/mol. The molecule has 0 saturated heterocycles. The summed E-state index contributed by atoms with van der Waals surface area (Å²) >= 11 is 0. The molecule has 0 fully saturated rings. The lowest BCUT2D eigenvalue weighted by Crippen LogP contribution is -2.05. The van der Waals surface area contributed by atoms with E-state index in [4.69, 9.17) is 4.74 Å². The Morgan fingerprint density at radius 1 is 1.11 bits per heavy atom. The second-order valence-corrected chi connectivity index (χ2v) is 4.54. The highest BCUT2D eigenvalue weighted by Gasteiger charge is 2.06. The van der Waals surface area contributed by atoms with E-state index in [-0.39, 0.29) is 6.10 Å². The predicted octanol–water partition coefficient (Wildman–Crippen LogP) is 4.09. The SMILES string of the molecule is CC(C)Oc1ccc(-c2ccc(F)cc2C=O)cc1. The van der Waals surface area contributed by atoms with Crippen LogP contribution in [-0.2, 0) is 0 Å². The fourth-order valence-corrected chi connectivity index (χ4v) is 1.88. The molecule has 3 heteroatoms. The highest BCUT2D eigenvalue weighted by molar-refractivity contribution is 5.87. The number of ether oxygens (including phenoxy) is 1. The van der Waals surface area contributed by atoms with Gasteiger partial charge in [0.05, 0.1) is 6.10 Å². The van der Waals surface area contributed by atoms with Crippen LogP contribution in [0.15, 0.2) is 42.5 Å². The Hall–Kier alpha value is -2.16. The molecule has 2 aromatic carbocycles. The molecule has 0 aliphatic heterocycles. The van der Waals surface area contributed by atoms with Crippen molar-refractivity contribution in [1.82, 2.24) is 0 Å². The van der Waals surface area contributed by atoms with Crippen LogP contribution in [0.4, 0.5) is 4.39 Å². The van der Waals surface area contributed by atoms with Crippen LogP contribution >= 0.6 is 0 Å². The first kappa shape index (κ1) is 13.3. The van der Waals surface area contributed by atoms with E-state index in [1.807, 2.05) is 38.1 Å². The zero-order chi connectivity index (χ0) is 13.8. The number of hydrogen-bond acceptors (Lipinski definition) is 2. The van der Waals surface area contributed by atoms with Crippen molar-refractivity contribution in [3.05, 3.63) is 53.8 Å². The molecule has 0 unspecified atom stereocenters. The van der Waals surface area contributed by atoms with E-state index in [1.54, 1.807) is 6.07 Å². The Morgan fingerprint density at radius 2 is 1.79 bits per heavy atom. The molecule has 19 heavy (non-hydrogen) atoms. The zero-order valence-corrected chi connectivity index (χ0v) is 10.9. The fourth-order valence-electron chi connectivity index (χ4n) is 1.88. The van der Waals surface area contributed by atoms with Crippen LogP contribution in [0.5, 0.6) is 5.75 Å². The van der Waals surface area contributed by atoms with Crippen molar-refractivity contribution in [2.45, 2.75) is 20.0 Å². The van der Waals surface area contributed by atoms with Gasteiger partial charge in [-0.1, -0.05) is 18.2 Å². The number of aldehydes is 1. The second-order valence-electron chi connectivity index (χ2n) is 4.54. The van der Waals surface area contributed by atoms with Crippen LogP contribution < -0.4 is 4.74 Å². The van der Waals surface area contributed by atoms with Crippen molar-refractivity contribution in [1.29, 1.82) is 0 Å². The molecule has 0 N–H and O–H groups in total. The normalized spacial score (nSPS) is 10.5. The fraction of sp³-hybridized carbons (Fsp3) is 0.188. The molecule has 2 rings (SSSR count). The Bertz CT molecular complexity index is 574. The van der Waals surface area contributed by atoms with Gasteiger partial charge in [0.25, 0.3) is 0 Å². The Labute approximate surface area is 111 Å². The summed E-state index contributed by atoms with van der Waals surface area (Å²) in [4.78, 5) is 11.0. The number of carbonyl (C=O) groups excluding carboxylic acids is 1. The molecule has 0 bridgehead atoms. The topological polar surface area (TPSA) is 26.3 Å². The molecule has 0 amide bonds. The van der Waals surface area contributed by atoms with E-state index in [1.165, 1.54) is 12.1 Å². The molecule has 0 heterocycles. The van der Waals surface area contributed by atoms with Gasteiger partial charge in [0.15, 0.2) is 6.29 Å². The summed E-state index contributed by atoms with van der Waals surface area (Å²) in [6, 6.07) is 11.6. The summed E-state index contributed by atoms with van der Waals surface area (Å²) in [5.41, 5.74) is 1.92. The molecule has 0 aliphatic carbocycles. The van der Waals surface area contributed by atoms with Crippen molar-refractivity contribution < 1.29 is 13.9 Å². The Morgan fingerprint density at radius 3 is 2.37 bits per heavy atom. The molecule has 0 radical (unpaired) electrons. The van der Waals surface area contributed by atoms with Crippen molar-refractivity contribution in [2.75, 3.05) is 0 Å². The molecular formula is C16H15FO2. The van der Waals surface area contributed by atoms with Gasteiger partial charge in [0.1, 0.15) is 11.6 Å². The lowest BCUT2D eigenvalue weighted by Gasteiger charge is -2.11. The number of rotatable bonds is 4. The van der Waals surface area contributed by atoms with Gasteiger partial charge in [-0.25, -0.2) is 4.39 Å². The summed E-state index contributed by atoms with van der Waals surface area (Å²) in [5.74, 6) is 0.360. The van der Waals surface area contributed by atoms with Crippen molar-refractivity contribution in [2.24, 2.45) is 0 Å². The van der Waals surface area contributed by atoms with Gasteiger partial charge in [-0.3, -0.25) is 4.79 Å². The first-order chi connectivity index (χ1) is 9.10. The Balaban J connectivity index is 2.34.